The van der Waals surface area contributed by atoms with Gasteiger partial charge in [0.05, 0.1) is 17.9 Å². The lowest BCUT2D eigenvalue weighted by atomic mass is 9.93. The van der Waals surface area contributed by atoms with Crippen molar-refractivity contribution in [2.75, 3.05) is 6.61 Å². The van der Waals surface area contributed by atoms with Crippen LogP contribution in [-0.2, 0) is 20.7 Å². The molecule has 9 heteroatoms. The van der Waals surface area contributed by atoms with Gasteiger partial charge in [0, 0.05) is 11.6 Å². The molecule has 3 rings (SSSR count). The van der Waals surface area contributed by atoms with Gasteiger partial charge in [-0.15, -0.1) is 0 Å². The average Bonchev–Trinajstić information content (AvgIpc) is 3.45. The molecular weight excluding hydrogens is 392 g/mol. The number of hydrogen-bond donors (Lipinski definition) is 5. The Balaban J connectivity index is 1.73. The summed E-state index contributed by atoms with van der Waals surface area (Å²) in [4.78, 5) is 24.3. The first kappa shape index (κ1) is 21.7. The van der Waals surface area contributed by atoms with Crippen LogP contribution in [0.25, 0.3) is 0 Å². The second-order valence-corrected chi connectivity index (χ2v) is 7.33. The standard InChI is InChI=1S/C21H24N2O7/c1-3-29-20(25)21(12-17(21)19(24)22-26)11-14-5-8-15(9-6-14)30-16-7-4-13(2)18(10-16)23(27)28/h4-10,17,26-28H,3,11-12H2,1-2H3,(H,22,24)/p+1/t17-,21+/m1/s1. The highest BCUT2D eigenvalue weighted by atomic mass is 16.8. The van der Waals surface area contributed by atoms with Crippen molar-refractivity contribution < 1.29 is 39.9 Å². The van der Waals surface area contributed by atoms with E-state index < -0.39 is 28.4 Å². The van der Waals surface area contributed by atoms with E-state index in [-0.39, 0.29) is 12.3 Å². The van der Waals surface area contributed by atoms with Crippen LogP contribution in [0.5, 0.6) is 11.5 Å². The van der Waals surface area contributed by atoms with Crippen LogP contribution >= 0.6 is 0 Å². The second kappa shape index (κ2) is 8.80. The summed E-state index contributed by atoms with van der Waals surface area (Å²) in [6.07, 6.45) is 0.607. The lowest BCUT2D eigenvalue weighted by Gasteiger charge is -2.16. The van der Waals surface area contributed by atoms with Crippen LogP contribution in [0.1, 0.15) is 24.5 Å². The Bertz CT molecular complexity index is 929. The van der Waals surface area contributed by atoms with Gasteiger partial charge >= 0.3 is 5.97 Å². The minimum absolute atomic E-state index is 0.209. The van der Waals surface area contributed by atoms with Gasteiger partial charge in [0.1, 0.15) is 11.5 Å². The normalized spacial score (nSPS) is 20.0. The molecule has 0 saturated heterocycles. The predicted molar refractivity (Wildman–Crippen MR) is 103 cm³/mol. The monoisotopic (exact) mass is 417 g/mol. The summed E-state index contributed by atoms with van der Waals surface area (Å²) in [7, 11) is 0. The lowest BCUT2D eigenvalue weighted by molar-refractivity contribution is -1.19. The fourth-order valence-corrected chi connectivity index (χ4v) is 3.58. The van der Waals surface area contributed by atoms with E-state index in [2.05, 4.69) is 0 Å². The summed E-state index contributed by atoms with van der Waals surface area (Å²) >= 11 is 0. The van der Waals surface area contributed by atoms with Crippen LogP contribution in [0.2, 0.25) is 0 Å². The number of aryl methyl sites for hydroxylation is 1. The minimum atomic E-state index is -0.981. The summed E-state index contributed by atoms with van der Waals surface area (Å²) < 4.78 is 10.9. The Morgan fingerprint density at radius 3 is 2.43 bits per heavy atom. The molecule has 2 atom stereocenters. The van der Waals surface area contributed by atoms with Gasteiger partial charge < -0.3 is 9.47 Å². The quantitative estimate of drug-likeness (QED) is 0.251. The molecule has 0 aliphatic heterocycles. The topological polar surface area (TPSA) is 130 Å². The van der Waals surface area contributed by atoms with Gasteiger partial charge in [-0.1, -0.05) is 12.1 Å². The van der Waals surface area contributed by atoms with Gasteiger partial charge in [-0.25, -0.2) is 5.48 Å². The molecule has 1 aliphatic carbocycles. The fourth-order valence-electron chi connectivity index (χ4n) is 3.58. The first-order valence-electron chi connectivity index (χ1n) is 9.54. The van der Waals surface area contributed by atoms with Crippen LogP contribution in [0, 0.1) is 18.3 Å². The maximum atomic E-state index is 12.4. The molecule has 5 N–H and O–H groups in total. The highest BCUT2D eigenvalue weighted by Gasteiger charge is 2.64. The zero-order valence-electron chi connectivity index (χ0n) is 16.7. The molecule has 1 saturated carbocycles. The van der Waals surface area contributed by atoms with Crippen LogP contribution in [-0.4, -0.2) is 34.1 Å². The Labute approximate surface area is 173 Å². The van der Waals surface area contributed by atoms with Gasteiger partial charge in [0.15, 0.2) is 0 Å². The summed E-state index contributed by atoms with van der Waals surface area (Å²) in [6, 6.07) is 12.0. The number of benzene rings is 2. The summed E-state index contributed by atoms with van der Waals surface area (Å²) in [5, 5.41) is 26.8. The third kappa shape index (κ3) is 4.44. The highest BCUT2D eigenvalue weighted by Crippen LogP contribution is 2.56. The molecule has 1 aliphatic rings. The molecule has 2 aromatic rings. The molecule has 30 heavy (non-hydrogen) atoms. The van der Waals surface area contributed by atoms with Crippen LogP contribution in [0.15, 0.2) is 42.5 Å². The molecule has 0 aromatic heterocycles. The third-order valence-electron chi connectivity index (χ3n) is 5.31. The number of amides is 1. The van der Waals surface area contributed by atoms with Crippen molar-refractivity contribution in [3.8, 4) is 11.5 Å². The third-order valence-corrected chi connectivity index (χ3v) is 5.31. The molecule has 0 unspecified atom stereocenters. The molecule has 1 fully saturated rings. The van der Waals surface area contributed by atoms with E-state index in [1.165, 1.54) is 6.07 Å². The van der Waals surface area contributed by atoms with Crippen molar-refractivity contribution in [3.63, 3.8) is 0 Å². The van der Waals surface area contributed by atoms with Gasteiger partial charge in [-0.2, -0.15) is 10.4 Å². The van der Waals surface area contributed by atoms with E-state index in [0.29, 0.717) is 29.9 Å². The number of hydrogen-bond acceptors (Lipinski definition) is 7. The Kier molecular flexibility index (Phi) is 6.37. The van der Waals surface area contributed by atoms with E-state index in [4.69, 9.17) is 14.7 Å². The molecule has 0 radical (unpaired) electrons. The Morgan fingerprint density at radius 1 is 1.17 bits per heavy atom. The Morgan fingerprint density at radius 2 is 1.83 bits per heavy atom. The van der Waals surface area contributed by atoms with Crippen LogP contribution in [0.3, 0.4) is 0 Å². The van der Waals surface area contributed by atoms with Gasteiger partial charge in [0.2, 0.25) is 11.6 Å². The van der Waals surface area contributed by atoms with E-state index in [9.17, 15) is 20.0 Å². The number of quaternary nitrogens is 1. The van der Waals surface area contributed by atoms with E-state index in [0.717, 1.165) is 5.56 Å². The zero-order valence-corrected chi connectivity index (χ0v) is 16.7. The number of hydroxylamine groups is 1. The molecule has 160 valence electrons. The molecule has 0 bridgehead atoms. The first-order chi connectivity index (χ1) is 14.3. The lowest BCUT2D eigenvalue weighted by Crippen LogP contribution is -3.02. The maximum absolute atomic E-state index is 12.4. The first-order valence-corrected chi connectivity index (χ1v) is 9.54. The molecule has 0 spiro atoms. The van der Waals surface area contributed by atoms with Crippen molar-refractivity contribution in [1.29, 1.82) is 0 Å². The molecule has 9 nitrogen and oxygen atoms in total. The number of ether oxygens (including phenoxy) is 2. The summed E-state index contributed by atoms with van der Waals surface area (Å²) in [6.45, 7) is 3.66. The molecule has 0 heterocycles. The number of carbonyl (C=O) groups is 2. The van der Waals surface area contributed by atoms with Crippen molar-refractivity contribution in [1.82, 2.24) is 5.48 Å². The van der Waals surface area contributed by atoms with E-state index >= 15 is 0 Å². The van der Waals surface area contributed by atoms with Gasteiger partial charge in [0.25, 0.3) is 0 Å². The number of nitrogens with one attached hydrogen (secondary N) is 2. The molecule has 1 amide bonds. The van der Waals surface area contributed by atoms with E-state index in [1.807, 2.05) is 0 Å². The van der Waals surface area contributed by atoms with Crippen molar-refractivity contribution >= 4 is 17.6 Å². The van der Waals surface area contributed by atoms with Crippen LogP contribution < -0.4 is 15.4 Å². The largest absolute Gasteiger partial charge is 0.466 e. The van der Waals surface area contributed by atoms with Crippen LogP contribution in [0.4, 0.5) is 5.69 Å². The average molecular weight is 417 g/mol. The zero-order chi connectivity index (χ0) is 21.9. The Hall–Kier alpha value is -2.98. The summed E-state index contributed by atoms with van der Waals surface area (Å²) in [5.41, 5.74) is 2.43. The minimum Gasteiger partial charge on any atom is -0.466 e. The maximum Gasteiger partial charge on any atom is 0.313 e. The second-order valence-electron chi connectivity index (χ2n) is 7.33. The molecule has 2 aromatic carbocycles. The fraction of sp³-hybridized carbons (Fsp3) is 0.333. The van der Waals surface area contributed by atoms with Crippen molar-refractivity contribution in [2.24, 2.45) is 11.3 Å². The number of rotatable bonds is 8. The van der Waals surface area contributed by atoms with Crippen molar-refractivity contribution in [3.05, 3.63) is 53.6 Å². The highest BCUT2D eigenvalue weighted by molar-refractivity contribution is 5.93. The van der Waals surface area contributed by atoms with E-state index in [1.54, 1.807) is 55.7 Å². The van der Waals surface area contributed by atoms with Gasteiger partial charge in [-0.3, -0.25) is 14.8 Å². The number of carbonyl (C=O) groups excluding carboxylic acids is 2. The SMILES string of the molecule is CCOC(=O)[C@@]1(Cc2ccc(Oc3ccc(C)c([NH+](O)O)c3)cc2)C[C@@H]1C(=O)NO. The smallest absolute Gasteiger partial charge is 0.313 e. The molecular formula is C21H25N2O7+. The predicted octanol–water partition coefficient (Wildman–Crippen LogP) is 1.70. The van der Waals surface area contributed by atoms with Gasteiger partial charge in [-0.05, 0) is 61.7 Å². The number of esters is 1. The summed E-state index contributed by atoms with van der Waals surface area (Å²) in [5.74, 6) is -0.718. The van der Waals surface area contributed by atoms with Crippen molar-refractivity contribution in [2.45, 2.75) is 26.7 Å².